The van der Waals surface area contributed by atoms with Crippen LogP contribution in [0.4, 0.5) is 0 Å². The smallest absolute Gasteiger partial charge is 0.328 e. The molecular formula is C14H18N2O4. The molecule has 108 valence electrons. The van der Waals surface area contributed by atoms with Gasteiger partial charge in [-0.05, 0) is 30.5 Å². The van der Waals surface area contributed by atoms with Crippen LogP contribution in [0.15, 0.2) is 24.3 Å². The number of amides is 1. The lowest BCUT2D eigenvalue weighted by molar-refractivity contribution is -0.151. The van der Waals surface area contributed by atoms with Gasteiger partial charge in [0.2, 0.25) is 5.91 Å². The zero-order chi connectivity index (χ0) is 14.7. The molecule has 0 spiro atoms. The van der Waals surface area contributed by atoms with Gasteiger partial charge in [-0.3, -0.25) is 4.79 Å². The Morgan fingerprint density at radius 3 is 2.55 bits per heavy atom. The number of phenolic OH excluding ortho intramolecular Hbond substituents is 1. The summed E-state index contributed by atoms with van der Waals surface area (Å²) >= 11 is 0. The van der Waals surface area contributed by atoms with Gasteiger partial charge in [0, 0.05) is 0 Å². The Morgan fingerprint density at radius 2 is 2.00 bits per heavy atom. The van der Waals surface area contributed by atoms with Gasteiger partial charge in [0.1, 0.15) is 11.8 Å². The fraction of sp³-hybridized carbons (Fsp3) is 0.429. The van der Waals surface area contributed by atoms with Gasteiger partial charge in [0.25, 0.3) is 0 Å². The largest absolute Gasteiger partial charge is 0.508 e. The second kappa shape index (κ2) is 5.92. The molecule has 0 saturated carbocycles. The highest BCUT2D eigenvalue weighted by molar-refractivity contribution is 5.86. The molecule has 1 saturated heterocycles. The zero-order valence-electron chi connectivity index (χ0n) is 11.3. The number of hydrogen-bond donors (Lipinski definition) is 2. The molecule has 2 rings (SSSR count). The Bertz CT molecular complexity index is 500. The molecule has 3 N–H and O–H groups in total. The van der Waals surface area contributed by atoms with Gasteiger partial charge in [-0.1, -0.05) is 12.1 Å². The van der Waals surface area contributed by atoms with Gasteiger partial charge in [0.15, 0.2) is 0 Å². The van der Waals surface area contributed by atoms with Crippen LogP contribution in [-0.2, 0) is 14.3 Å². The summed E-state index contributed by atoms with van der Waals surface area (Å²) in [5.41, 5.74) is 6.31. The standard InChI is InChI=1S/C14H18N2O4/c1-20-14(19)12-7-6-11(16(12)13(18)8-15)9-2-4-10(17)5-3-9/h2-5,11-12,17H,6-8,15H2,1H3. The molecule has 1 aromatic rings. The van der Waals surface area contributed by atoms with Crippen LogP contribution in [0.1, 0.15) is 24.4 Å². The summed E-state index contributed by atoms with van der Waals surface area (Å²) in [4.78, 5) is 25.3. The third kappa shape index (κ3) is 2.60. The lowest BCUT2D eigenvalue weighted by Gasteiger charge is -2.29. The number of nitrogens with zero attached hydrogens (tertiary/aromatic N) is 1. The topological polar surface area (TPSA) is 92.9 Å². The molecule has 1 heterocycles. The zero-order valence-corrected chi connectivity index (χ0v) is 11.3. The normalized spacial score (nSPS) is 21.8. The van der Waals surface area contributed by atoms with Crippen LogP contribution in [0, 0.1) is 0 Å². The van der Waals surface area contributed by atoms with E-state index < -0.39 is 12.0 Å². The number of esters is 1. The fourth-order valence-corrected chi connectivity index (χ4v) is 2.66. The number of likely N-dealkylation sites (tertiary alicyclic amines) is 1. The maximum absolute atomic E-state index is 12.0. The van der Waals surface area contributed by atoms with Crippen LogP contribution in [0.25, 0.3) is 0 Å². The van der Waals surface area contributed by atoms with Crippen molar-refractivity contribution in [1.29, 1.82) is 0 Å². The van der Waals surface area contributed by atoms with Crippen molar-refractivity contribution in [2.45, 2.75) is 24.9 Å². The number of phenols is 1. The second-order valence-electron chi connectivity index (χ2n) is 4.73. The summed E-state index contributed by atoms with van der Waals surface area (Å²) in [6.45, 7) is -0.151. The van der Waals surface area contributed by atoms with E-state index in [1.807, 2.05) is 0 Å². The number of hydrogen-bond acceptors (Lipinski definition) is 5. The molecule has 6 nitrogen and oxygen atoms in total. The van der Waals surface area contributed by atoms with E-state index in [9.17, 15) is 14.7 Å². The van der Waals surface area contributed by atoms with Gasteiger partial charge in [-0.2, -0.15) is 0 Å². The molecule has 1 amide bonds. The third-order valence-corrected chi connectivity index (χ3v) is 3.60. The SMILES string of the molecule is COC(=O)C1CCC(c2ccc(O)cc2)N1C(=O)CN. The molecule has 1 fully saturated rings. The van der Waals surface area contributed by atoms with Gasteiger partial charge < -0.3 is 20.5 Å². The van der Waals surface area contributed by atoms with Crippen LogP contribution < -0.4 is 5.73 Å². The molecule has 1 aliphatic heterocycles. The summed E-state index contributed by atoms with van der Waals surface area (Å²) in [6.07, 6.45) is 1.21. The van der Waals surface area contributed by atoms with E-state index in [1.165, 1.54) is 12.0 Å². The number of benzene rings is 1. The number of nitrogens with two attached hydrogens (primary N) is 1. The average Bonchev–Trinajstić information content (AvgIpc) is 2.91. The Hall–Kier alpha value is -2.08. The monoisotopic (exact) mass is 278 g/mol. The lowest BCUT2D eigenvalue weighted by atomic mass is 10.0. The summed E-state index contributed by atoms with van der Waals surface area (Å²) < 4.78 is 4.75. The first-order valence-electron chi connectivity index (χ1n) is 6.46. The minimum absolute atomic E-state index is 0.151. The maximum Gasteiger partial charge on any atom is 0.328 e. The fourth-order valence-electron chi connectivity index (χ4n) is 2.66. The third-order valence-electron chi connectivity index (χ3n) is 3.60. The van der Waals surface area contributed by atoms with Crippen molar-refractivity contribution >= 4 is 11.9 Å². The van der Waals surface area contributed by atoms with E-state index in [4.69, 9.17) is 10.5 Å². The highest BCUT2D eigenvalue weighted by atomic mass is 16.5. The average molecular weight is 278 g/mol. The molecule has 0 bridgehead atoms. The van der Waals surface area contributed by atoms with Crippen LogP contribution >= 0.6 is 0 Å². The molecule has 2 atom stereocenters. The van der Waals surface area contributed by atoms with Gasteiger partial charge in [0.05, 0.1) is 19.7 Å². The molecule has 0 aromatic heterocycles. The van der Waals surface area contributed by atoms with Crippen molar-refractivity contribution < 1.29 is 19.4 Å². The van der Waals surface area contributed by atoms with E-state index in [1.54, 1.807) is 24.3 Å². The molecule has 1 aliphatic rings. The number of methoxy groups -OCH3 is 1. The van der Waals surface area contributed by atoms with Crippen molar-refractivity contribution in [3.8, 4) is 5.75 Å². The first-order valence-corrected chi connectivity index (χ1v) is 6.46. The van der Waals surface area contributed by atoms with Crippen LogP contribution in [0.2, 0.25) is 0 Å². The Balaban J connectivity index is 2.30. The molecular weight excluding hydrogens is 260 g/mol. The Labute approximate surface area is 117 Å². The molecule has 2 unspecified atom stereocenters. The number of rotatable bonds is 3. The van der Waals surface area contributed by atoms with Crippen LogP contribution in [0.5, 0.6) is 5.75 Å². The van der Waals surface area contributed by atoms with Crippen molar-refractivity contribution in [2.75, 3.05) is 13.7 Å². The summed E-state index contributed by atoms with van der Waals surface area (Å²) in [5, 5.41) is 9.32. The van der Waals surface area contributed by atoms with Crippen LogP contribution in [0.3, 0.4) is 0 Å². The van der Waals surface area contributed by atoms with E-state index in [0.29, 0.717) is 12.8 Å². The number of ether oxygens (including phenoxy) is 1. The number of carbonyl (C=O) groups is 2. The summed E-state index contributed by atoms with van der Waals surface area (Å²) in [6, 6.07) is 5.82. The highest BCUT2D eigenvalue weighted by Gasteiger charge is 2.41. The van der Waals surface area contributed by atoms with E-state index in [-0.39, 0.29) is 24.2 Å². The quantitative estimate of drug-likeness (QED) is 0.788. The first-order chi connectivity index (χ1) is 9.58. The second-order valence-corrected chi connectivity index (χ2v) is 4.73. The molecule has 20 heavy (non-hydrogen) atoms. The van der Waals surface area contributed by atoms with E-state index in [0.717, 1.165) is 5.56 Å². The van der Waals surface area contributed by atoms with Gasteiger partial charge in [-0.15, -0.1) is 0 Å². The predicted molar refractivity (Wildman–Crippen MR) is 71.8 cm³/mol. The summed E-state index contributed by atoms with van der Waals surface area (Å²) in [5.74, 6) is -0.544. The first kappa shape index (κ1) is 14.3. The Kier molecular flexibility index (Phi) is 4.24. The van der Waals surface area contributed by atoms with Gasteiger partial charge >= 0.3 is 5.97 Å². The van der Waals surface area contributed by atoms with Crippen molar-refractivity contribution in [3.05, 3.63) is 29.8 Å². The Morgan fingerprint density at radius 1 is 1.35 bits per heavy atom. The molecule has 0 radical (unpaired) electrons. The number of aromatic hydroxyl groups is 1. The number of carbonyl (C=O) groups excluding carboxylic acids is 2. The molecule has 6 heteroatoms. The summed E-state index contributed by atoms with van der Waals surface area (Å²) in [7, 11) is 1.31. The van der Waals surface area contributed by atoms with Crippen molar-refractivity contribution in [3.63, 3.8) is 0 Å². The van der Waals surface area contributed by atoms with Gasteiger partial charge in [-0.25, -0.2) is 4.79 Å². The molecule has 1 aromatic carbocycles. The minimum Gasteiger partial charge on any atom is -0.508 e. The highest BCUT2D eigenvalue weighted by Crippen LogP contribution is 2.37. The minimum atomic E-state index is -0.588. The van der Waals surface area contributed by atoms with Crippen LogP contribution in [-0.4, -0.2) is 41.6 Å². The van der Waals surface area contributed by atoms with Crippen molar-refractivity contribution in [1.82, 2.24) is 4.90 Å². The molecule has 0 aliphatic carbocycles. The maximum atomic E-state index is 12.0. The lowest BCUT2D eigenvalue weighted by Crippen LogP contribution is -2.45. The van der Waals surface area contributed by atoms with E-state index >= 15 is 0 Å². The predicted octanol–water partition coefficient (Wildman–Crippen LogP) is 0.556. The van der Waals surface area contributed by atoms with Crippen molar-refractivity contribution in [2.24, 2.45) is 5.73 Å². The van der Waals surface area contributed by atoms with E-state index in [2.05, 4.69) is 0 Å².